The first-order chi connectivity index (χ1) is 8.69. The Kier molecular flexibility index (Phi) is 4.81. The van der Waals surface area contributed by atoms with Gasteiger partial charge in [-0.1, -0.05) is 19.3 Å². The number of rotatable bonds is 4. The molecule has 1 N–H and O–H groups in total. The van der Waals surface area contributed by atoms with Crippen LogP contribution in [0.25, 0.3) is 0 Å². The van der Waals surface area contributed by atoms with Gasteiger partial charge in [0.2, 0.25) is 5.91 Å². The highest BCUT2D eigenvalue weighted by molar-refractivity contribution is 5.87. The Morgan fingerprint density at radius 3 is 2.16 bits per heavy atom. The van der Waals surface area contributed by atoms with Crippen molar-refractivity contribution in [2.45, 2.75) is 56.7 Å². The molecule has 110 valence electrons. The predicted molar refractivity (Wildman–Crippen MR) is 61.5 cm³/mol. The number of hydrogen-bond acceptors (Lipinski definition) is 2. The van der Waals surface area contributed by atoms with Gasteiger partial charge in [-0.15, -0.1) is 0 Å². The minimum absolute atomic E-state index is 0.302. The first-order valence-corrected chi connectivity index (χ1v) is 6.26. The molecule has 0 heterocycles. The average molecular weight is 281 g/mol. The van der Waals surface area contributed by atoms with Gasteiger partial charge < -0.3 is 10.0 Å². The molecule has 0 unspecified atom stereocenters. The number of halogens is 3. The number of alkyl halides is 3. The Morgan fingerprint density at radius 1 is 1.21 bits per heavy atom. The normalized spacial score (nSPS) is 18.9. The Bertz CT molecular complexity index is 349. The van der Waals surface area contributed by atoms with Crippen molar-refractivity contribution in [2.24, 2.45) is 0 Å². The lowest BCUT2D eigenvalue weighted by Gasteiger charge is -2.41. The molecule has 7 heteroatoms. The molecule has 1 fully saturated rings. The van der Waals surface area contributed by atoms with Crippen LogP contribution >= 0.6 is 0 Å². The number of hydrogen-bond donors (Lipinski definition) is 1. The lowest BCUT2D eigenvalue weighted by molar-refractivity contribution is -0.163. The molecule has 1 aliphatic carbocycles. The van der Waals surface area contributed by atoms with Crippen LogP contribution in [0, 0.1) is 0 Å². The van der Waals surface area contributed by atoms with Crippen LogP contribution in [0.5, 0.6) is 0 Å². The van der Waals surface area contributed by atoms with Gasteiger partial charge in [0.1, 0.15) is 5.54 Å². The number of likely N-dealkylation sites (N-methyl/N-ethyl adjacent to an activating group) is 1. The van der Waals surface area contributed by atoms with E-state index in [-0.39, 0.29) is 0 Å². The topological polar surface area (TPSA) is 57.6 Å². The van der Waals surface area contributed by atoms with Crippen LogP contribution in [0.1, 0.15) is 44.9 Å². The second-order valence-electron chi connectivity index (χ2n) is 4.97. The monoisotopic (exact) mass is 281 g/mol. The smallest absolute Gasteiger partial charge is 0.389 e. The molecular formula is C12H18F3NO3. The highest BCUT2D eigenvalue weighted by Crippen LogP contribution is 2.34. The van der Waals surface area contributed by atoms with Crippen LogP contribution in [0.15, 0.2) is 0 Å². The molecular weight excluding hydrogens is 263 g/mol. The summed E-state index contributed by atoms with van der Waals surface area (Å²) in [5.74, 6) is -1.89. The predicted octanol–water partition coefficient (Wildman–Crippen LogP) is 2.57. The quantitative estimate of drug-likeness (QED) is 0.861. The largest absolute Gasteiger partial charge is 0.479 e. The minimum atomic E-state index is -4.40. The minimum Gasteiger partial charge on any atom is -0.479 e. The van der Waals surface area contributed by atoms with Gasteiger partial charge in [0.25, 0.3) is 0 Å². The zero-order chi connectivity index (χ0) is 14.7. The number of amides is 1. The zero-order valence-electron chi connectivity index (χ0n) is 10.8. The summed E-state index contributed by atoms with van der Waals surface area (Å²) in [6.45, 7) is 0. The van der Waals surface area contributed by atoms with Crippen molar-refractivity contribution < 1.29 is 27.9 Å². The van der Waals surface area contributed by atoms with Gasteiger partial charge in [-0.3, -0.25) is 4.79 Å². The van der Waals surface area contributed by atoms with E-state index in [1.165, 1.54) is 7.05 Å². The average Bonchev–Trinajstić information content (AvgIpc) is 2.34. The number of nitrogens with zero attached hydrogens (tertiary/aromatic N) is 1. The summed E-state index contributed by atoms with van der Waals surface area (Å²) in [4.78, 5) is 24.2. The van der Waals surface area contributed by atoms with Gasteiger partial charge in [-0.25, -0.2) is 4.79 Å². The van der Waals surface area contributed by atoms with Gasteiger partial charge >= 0.3 is 12.1 Å². The lowest BCUT2D eigenvalue weighted by Crippen LogP contribution is -2.56. The third-order valence-electron chi connectivity index (χ3n) is 3.72. The second-order valence-corrected chi connectivity index (χ2v) is 4.97. The fourth-order valence-electron chi connectivity index (χ4n) is 2.48. The van der Waals surface area contributed by atoms with E-state index in [0.29, 0.717) is 25.7 Å². The van der Waals surface area contributed by atoms with Gasteiger partial charge in [0.05, 0.1) is 6.42 Å². The number of carbonyl (C=O) groups excluding carboxylic acids is 1. The molecule has 0 saturated heterocycles. The van der Waals surface area contributed by atoms with Crippen molar-refractivity contribution in [3.8, 4) is 0 Å². The van der Waals surface area contributed by atoms with Crippen LogP contribution in [0.4, 0.5) is 13.2 Å². The summed E-state index contributed by atoms with van der Waals surface area (Å²) < 4.78 is 36.3. The molecule has 0 aromatic carbocycles. The standard InChI is InChI=1S/C12H18F3NO3/c1-16(9(17)5-8-12(13,14)15)11(10(18)19)6-3-2-4-7-11/h2-8H2,1H3,(H,18,19). The first kappa shape index (κ1) is 15.8. The maximum Gasteiger partial charge on any atom is 0.389 e. The van der Waals surface area contributed by atoms with Crippen molar-refractivity contribution in [1.29, 1.82) is 0 Å². The summed E-state index contributed by atoms with van der Waals surface area (Å²) in [6.07, 6.45) is -3.49. The van der Waals surface area contributed by atoms with Crippen molar-refractivity contribution in [3.63, 3.8) is 0 Å². The molecule has 19 heavy (non-hydrogen) atoms. The fraction of sp³-hybridized carbons (Fsp3) is 0.833. The van der Waals surface area contributed by atoms with Crippen LogP contribution in [0.3, 0.4) is 0 Å². The number of carboxylic acid groups (broad SMARTS) is 1. The summed E-state index contributed by atoms with van der Waals surface area (Å²) in [5, 5.41) is 9.32. The molecule has 1 amide bonds. The molecule has 0 atom stereocenters. The summed E-state index contributed by atoms with van der Waals surface area (Å²) in [7, 11) is 1.29. The van der Waals surface area contributed by atoms with Gasteiger partial charge in [0.15, 0.2) is 0 Å². The van der Waals surface area contributed by atoms with E-state index in [4.69, 9.17) is 0 Å². The maximum absolute atomic E-state index is 12.1. The maximum atomic E-state index is 12.1. The van der Waals surface area contributed by atoms with Crippen molar-refractivity contribution in [2.75, 3.05) is 7.05 Å². The van der Waals surface area contributed by atoms with E-state index in [9.17, 15) is 27.9 Å². The summed E-state index contributed by atoms with van der Waals surface area (Å²) in [5.41, 5.74) is -1.33. The number of carbonyl (C=O) groups is 2. The van der Waals surface area contributed by atoms with Crippen LogP contribution in [-0.4, -0.2) is 40.6 Å². The fourth-order valence-corrected chi connectivity index (χ4v) is 2.48. The van der Waals surface area contributed by atoms with Crippen LogP contribution in [0.2, 0.25) is 0 Å². The Labute approximate surface area is 109 Å². The Balaban J connectivity index is 2.74. The Hall–Kier alpha value is -1.27. The molecule has 0 aromatic rings. The number of carboxylic acids is 1. The highest BCUT2D eigenvalue weighted by atomic mass is 19.4. The molecule has 0 aromatic heterocycles. The first-order valence-electron chi connectivity index (χ1n) is 6.26. The van der Waals surface area contributed by atoms with E-state index in [0.717, 1.165) is 11.3 Å². The van der Waals surface area contributed by atoms with Crippen LogP contribution in [-0.2, 0) is 9.59 Å². The summed E-state index contributed by atoms with van der Waals surface area (Å²) in [6, 6.07) is 0. The zero-order valence-corrected chi connectivity index (χ0v) is 10.8. The van der Waals surface area contributed by atoms with Gasteiger partial charge in [0, 0.05) is 13.5 Å². The molecule has 0 aliphatic heterocycles. The molecule has 1 aliphatic rings. The molecule has 1 rings (SSSR count). The third kappa shape index (κ3) is 3.84. The lowest BCUT2D eigenvalue weighted by atomic mass is 9.80. The van der Waals surface area contributed by atoms with E-state index in [2.05, 4.69) is 0 Å². The SMILES string of the molecule is CN(C(=O)CCC(F)(F)F)C1(C(=O)O)CCCCC1. The van der Waals surface area contributed by atoms with E-state index < -0.39 is 36.4 Å². The molecule has 4 nitrogen and oxygen atoms in total. The number of aliphatic carboxylic acids is 1. The highest BCUT2D eigenvalue weighted by Gasteiger charge is 2.45. The molecule has 0 spiro atoms. The molecule has 0 bridgehead atoms. The van der Waals surface area contributed by atoms with Crippen LogP contribution < -0.4 is 0 Å². The summed E-state index contributed by atoms with van der Waals surface area (Å²) >= 11 is 0. The van der Waals surface area contributed by atoms with Crippen molar-refractivity contribution in [1.82, 2.24) is 4.90 Å². The van der Waals surface area contributed by atoms with E-state index >= 15 is 0 Å². The van der Waals surface area contributed by atoms with Crippen molar-refractivity contribution >= 4 is 11.9 Å². The van der Waals surface area contributed by atoms with Gasteiger partial charge in [-0.2, -0.15) is 13.2 Å². The van der Waals surface area contributed by atoms with Gasteiger partial charge in [-0.05, 0) is 12.8 Å². The Morgan fingerprint density at radius 2 is 1.74 bits per heavy atom. The molecule has 1 saturated carbocycles. The third-order valence-corrected chi connectivity index (χ3v) is 3.72. The van der Waals surface area contributed by atoms with E-state index in [1.807, 2.05) is 0 Å². The second kappa shape index (κ2) is 5.79. The molecule has 0 radical (unpaired) electrons. The van der Waals surface area contributed by atoms with Crippen molar-refractivity contribution in [3.05, 3.63) is 0 Å². The van der Waals surface area contributed by atoms with E-state index in [1.54, 1.807) is 0 Å².